The number of imidazole rings is 1. The molecule has 0 atom stereocenters. The molecule has 3 rings (SSSR count). The van der Waals surface area contributed by atoms with Gasteiger partial charge in [-0.15, -0.1) is 0 Å². The number of fused-ring (bicyclic) bond motifs is 1. The molecule has 0 fully saturated rings. The van der Waals surface area contributed by atoms with Crippen LogP contribution in [0.5, 0.6) is 0 Å². The minimum Gasteiger partial charge on any atom is -0.305 e. The first-order valence-electron chi connectivity index (χ1n) is 5.44. The van der Waals surface area contributed by atoms with Gasteiger partial charge in [-0.3, -0.25) is 0 Å². The summed E-state index contributed by atoms with van der Waals surface area (Å²) in [5, 5.41) is 0. The summed E-state index contributed by atoms with van der Waals surface area (Å²) < 4.78 is 3.28. The van der Waals surface area contributed by atoms with E-state index >= 15 is 0 Å². The average Bonchev–Trinajstić information content (AvgIpc) is 2.72. The van der Waals surface area contributed by atoms with E-state index in [4.69, 9.17) is 0 Å². The molecule has 0 amide bonds. The maximum absolute atomic E-state index is 4.61. The maximum Gasteiger partial charge on any atom is 0.137 e. The van der Waals surface area contributed by atoms with Crippen molar-refractivity contribution in [1.82, 2.24) is 9.38 Å². The minimum atomic E-state index is 0.987. The van der Waals surface area contributed by atoms with Gasteiger partial charge in [0, 0.05) is 21.5 Å². The van der Waals surface area contributed by atoms with Crippen molar-refractivity contribution in [3.63, 3.8) is 0 Å². The Labute approximate surface area is 113 Å². The van der Waals surface area contributed by atoms with Crippen LogP contribution in [0.2, 0.25) is 0 Å². The fourth-order valence-corrected chi connectivity index (χ4v) is 2.31. The minimum absolute atomic E-state index is 0.987. The van der Waals surface area contributed by atoms with Gasteiger partial charge >= 0.3 is 0 Å². The Morgan fingerprint density at radius 2 is 1.76 bits per heavy atom. The van der Waals surface area contributed by atoms with Crippen molar-refractivity contribution >= 4 is 28.2 Å². The van der Waals surface area contributed by atoms with Gasteiger partial charge in [-0.05, 0) is 41.6 Å². The number of benzene rings is 1. The lowest BCUT2D eigenvalue weighted by Crippen LogP contribution is -1.82. The van der Waals surface area contributed by atoms with Crippen molar-refractivity contribution in [2.45, 2.75) is 6.92 Å². The van der Waals surface area contributed by atoms with Gasteiger partial charge < -0.3 is 4.40 Å². The number of halogens is 1. The number of rotatable bonds is 1. The maximum atomic E-state index is 4.61. The summed E-state index contributed by atoms with van der Waals surface area (Å²) in [4.78, 5) is 4.61. The quantitative estimate of drug-likeness (QED) is 0.617. The molecule has 0 radical (unpaired) electrons. The van der Waals surface area contributed by atoms with Gasteiger partial charge in [-0.1, -0.05) is 29.8 Å². The highest BCUT2D eigenvalue weighted by molar-refractivity contribution is 14.1. The molecule has 0 unspecified atom stereocenters. The van der Waals surface area contributed by atoms with Crippen LogP contribution in [0.25, 0.3) is 16.9 Å². The molecule has 2 nitrogen and oxygen atoms in total. The molecule has 2 heterocycles. The Bertz CT molecular complexity index is 668. The van der Waals surface area contributed by atoms with Crippen molar-refractivity contribution in [2.75, 3.05) is 0 Å². The van der Waals surface area contributed by atoms with E-state index in [-0.39, 0.29) is 0 Å². The van der Waals surface area contributed by atoms with E-state index in [9.17, 15) is 0 Å². The van der Waals surface area contributed by atoms with E-state index < -0.39 is 0 Å². The van der Waals surface area contributed by atoms with Gasteiger partial charge in [-0.2, -0.15) is 0 Å². The first-order valence-corrected chi connectivity index (χ1v) is 6.51. The van der Waals surface area contributed by atoms with Crippen LogP contribution in [0, 0.1) is 10.5 Å². The van der Waals surface area contributed by atoms with Crippen LogP contribution >= 0.6 is 22.6 Å². The Balaban J connectivity index is 2.14. The summed E-state index contributed by atoms with van der Waals surface area (Å²) in [6.07, 6.45) is 4.16. The van der Waals surface area contributed by atoms with Crippen LogP contribution in [0.4, 0.5) is 0 Å². The third-order valence-electron chi connectivity index (χ3n) is 2.76. The largest absolute Gasteiger partial charge is 0.305 e. The highest BCUT2D eigenvalue weighted by Gasteiger charge is 2.03. The molecule has 3 heteroatoms. The molecule has 0 spiro atoms. The van der Waals surface area contributed by atoms with Gasteiger partial charge in [0.2, 0.25) is 0 Å². The Kier molecular flexibility index (Phi) is 2.63. The van der Waals surface area contributed by atoms with Gasteiger partial charge in [0.1, 0.15) is 5.65 Å². The topological polar surface area (TPSA) is 17.3 Å². The van der Waals surface area contributed by atoms with Crippen LogP contribution in [0.1, 0.15) is 5.56 Å². The standard InChI is InChI=1S/C14H11IN2/c1-10-2-4-11(5-3-10)13-9-17-8-12(15)6-7-14(17)16-13/h2-9H,1H3. The molecule has 0 aliphatic rings. The van der Waals surface area contributed by atoms with Crippen molar-refractivity contribution in [2.24, 2.45) is 0 Å². The first kappa shape index (κ1) is 10.8. The van der Waals surface area contributed by atoms with E-state index in [2.05, 4.69) is 81.6 Å². The van der Waals surface area contributed by atoms with E-state index in [0.29, 0.717) is 0 Å². The van der Waals surface area contributed by atoms with Crippen molar-refractivity contribution in [3.8, 4) is 11.3 Å². The predicted octanol–water partition coefficient (Wildman–Crippen LogP) is 3.91. The van der Waals surface area contributed by atoms with Crippen LogP contribution in [-0.4, -0.2) is 9.38 Å². The summed E-state index contributed by atoms with van der Waals surface area (Å²) in [6, 6.07) is 12.6. The fourth-order valence-electron chi connectivity index (χ4n) is 1.83. The highest BCUT2D eigenvalue weighted by Crippen LogP contribution is 2.20. The molecule has 2 aromatic heterocycles. The van der Waals surface area contributed by atoms with E-state index in [0.717, 1.165) is 16.9 Å². The van der Waals surface area contributed by atoms with Crippen LogP contribution in [0.3, 0.4) is 0 Å². The Morgan fingerprint density at radius 1 is 1.00 bits per heavy atom. The summed E-state index contributed by atoms with van der Waals surface area (Å²) in [5.41, 5.74) is 4.44. The Morgan fingerprint density at radius 3 is 2.53 bits per heavy atom. The summed E-state index contributed by atoms with van der Waals surface area (Å²) >= 11 is 2.31. The van der Waals surface area contributed by atoms with E-state index in [1.165, 1.54) is 9.13 Å². The number of nitrogens with zero attached hydrogens (tertiary/aromatic N) is 2. The van der Waals surface area contributed by atoms with Crippen LogP contribution in [-0.2, 0) is 0 Å². The zero-order chi connectivity index (χ0) is 11.8. The van der Waals surface area contributed by atoms with E-state index in [1.54, 1.807) is 0 Å². The molecule has 0 N–H and O–H groups in total. The monoisotopic (exact) mass is 334 g/mol. The van der Waals surface area contributed by atoms with E-state index in [1.807, 2.05) is 6.07 Å². The molecule has 1 aromatic carbocycles. The molecule has 84 valence electrons. The number of aromatic nitrogens is 2. The predicted molar refractivity (Wildman–Crippen MR) is 78.1 cm³/mol. The average molecular weight is 334 g/mol. The molecule has 0 saturated heterocycles. The first-order chi connectivity index (χ1) is 8.22. The third kappa shape index (κ3) is 2.07. The second kappa shape index (κ2) is 4.14. The second-order valence-electron chi connectivity index (χ2n) is 4.10. The number of aryl methyl sites for hydroxylation is 1. The number of pyridine rings is 1. The van der Waals surface area contributed by atoms with Gasteiger partial charge in [0.05, 0.1) is 5.69 Å². The van der Waals surface area contributed by atoms with Crippen molar-refractivity contribution < 1.29 is 0 Å². The van der Waals surface area contributed by atoms with Gasteiger partial charge in [-0.25, -0.2) is 4.98 Å². The Hall–Kier alpha value is -1.36. The lowest BCUT2D eigenvalue weighted by molar-refractivity contribution is 1.17. The molecule has 0 saturated carbocycles. The zero-order valence-electron chi connectivity index (χ0n) is 9.39. The lowest BCUT2D eigenvalue weighted by atomic mass is 10.1. The molecule has 3 aromatic rings. The smallest absolute Gasteiger partial charge is 0.137 e. The number of hydrogen-bond acceptors (Lipinski definition) is 1. The SMILES string of the molecule is Cc1ccc(-c2cn3cc(I)ccc3n2)cc1. The zero-order valence-corrected chi connectivity index (χ0v) is 11.5. The molecular weight excluding hydrogens is 323 g/mol. The summed E-state index contributed by atoms with van der Waals surface area (Å²) in [6.45, 7) is 2.09. The molecule has 0 bridgehead atoms. The molecular formula is C14H11IN2. The molecule has 0 aliphatic carbocycles. The third-order valence-corrected chi connectivity index (χ3v) is 3.40. The van der Waals surface area contributed by atoms with Crippen LogP contribution in [0.15, 0.2) is 48.8 Å². The summed E-state index contributed by atoms with van der Waals surface area (Å²) in [5.74, 6) is 0. The highest BCUT2D eigenvalue weighted by atomic mass is 127. The van der Waals surface area contributed by atoms with Gasteiger partial charge in [0.15, 0.2) is 0 Å². The van der Waals surface area contributed by atoms with Gasteiger partial charge in [0.25, 0.3) is 0 Å². The lowest BCUT2D eigenvalue weighted by Gasteiger charge is -1.96. The normalized spacial score (nSPS) is 10.9. The van der Waals surface area contributed by atoms with Crippen molar-refractivity contribution in [1.29, 1.82) is 0 Å². The fraction of sp³-hybridized carbons (Fsp3) is 0.0714. The second-order valence-corrected chi connectivity index (χ2v) is 5.35. The molecule has 0 aliphatic heterocycles. The summed E-state index contributed by atoms with van der Waals surface area (Å²) in [7, 11) is 0. The van der Waals surface area contributed by atoms with Crippen molar-refractivity contribution in [3.05, 3.63) is 57.9 Å². The molecule has 17 heavy (non-hydrogen) atoms. The number of hydrogen-bond donors (Lipinski definition) is 0. The van der Waals surface area contributed by atoms with Crippen LogP contribution < -0.4 is 0 Å².